The largest absolute Gasteiger partial charge is 0.394 e. The molecule has 0 aliphatic rings. The van der Waals surface area contributed by atoms with Gasteiger partial charge in [0.25, 0.3) is 0 Å². The molecule has 3 atom stereocenters. The quantitative estimate of drug-likeness (QED) is 0.0370. The molecule has 0 fully saturated rings. The summed E-state index contributed by atoms with van der Waals surface area (Å²) in [5, 5.41) is 33.5. The summed E-state index contributed by atoms with van der Waals surface area (Å²) in [7, 11) is 0. The van der Waals surface area contributed by atoms with Crippen molar-refractivity contribution in [2.75, 3.05) is 6.61 Å². The van der Waals surface area contributed by atoms with Crippen LogP contribution in [0.1, 0.15) is 239 Å². The van der Waals surface area contributed by atoms with Gasteiger partial charge in [0, 0.05) is 6.42 Å². The van der Waals surface area contributed by atoms with Crippen LogP contribution in [0, 0.1) is 0 Å². The van der Waals surface area contributed by atoms with E-state index in [-0.39, 0.29) is 12.5 Å². The highest BCUT2D eigenvalue weighted by Gasteiger charge is 2.26. The molecule has 0 radical (unpaired) electrons. The van der Waals surface area contributed by atoms with Crippen molar-refractivity contribution in [1.29, 1.82) is 0 Å². The van der Waals surface area contributed by atoms with E-state index >= 15 is 0 Å². The monoisotopic (exact) mass is 746 g/mol. The molecule has 312 valence electrons. The molecule has 5 nitrogen and oxygen atoms in total. The fourth-order valence-corrected chi connectivity index (χ4v) is 7.08. The average Bonchev–Trinajstić information content (AvgIpc) is 3.16. The second kappa shape index (κ2) is 43.3. The van der Waals surface area contributed by atoms with Gasteiger partial charge >= 0.3 is 0 Å². The minimum atomic E-state index is -1.16. The van der Waals surface area contributed by atoms with E-state index in [4.69, 9.17) is 0 Å². The van der Waals surface area contributed by atoms with Crippen molar-refractivity contribution in [3.8, 4) is 0 Å². The van der Waals surface area contributed by atoms with Crippen LogP contribution in [-0.2, 0) is 4.79 Å². The smallest absolute Gasteiger partial charge is 0.220 e. The van der Waals surface area contributed by atoms with Crippen LogP contribution in [0.5, 0.6) is 0 Å². The van der Waals surface area contributed by atoms with Crippen molar-refractivity contribution >= 4 is 5.91 Å². The number of carbonyl (C=O) groups is 1. The van der Waals surface area contributed by atoms with Crippen LogP contribution < -0.4 is 5.32 Å². The molecule has 0 aliphatic carbocycles. The molecule has 1 amide bonds. The fraction of sp³-hybridized carbons (Fsp3) is 0.854. The number of allylic oxidation sites excluding steroid dienone is 6. The zero-order valence-electron chi connectivity index (χ0n) is 35.4. The van der Waals surface area contributed by atoms with E-state index in [1.54, 1.807) is 0 Å². The SMILES string of the molecule is CCCCCCCCCCC/C=C\C/C=C\CCCCCCCCCC(=O)NC(CO)C(O)C(O)CCC/C=C/CCCCCCCCCCCCC. The maximum absolute atomic E-state index is 12.4. The Morgan fingerprint density at radius 1 is 0.472 bits per heavy atom. The number of carbonyl (C=O) groups excluding carboxylic acids is 1. The van der Waals surface area contributed by atoms with Gasteiger partial charge < -0.3 is 20.6 Å². The Morgan fingerprint density at radius 3 is 1.21 bits per heavy atom. The fourth-order valence-electron chi connectivity index (χ4n) is 7.08. The van der Waals surface area contributed by atoms with Gasteiger partial charge in [-0.15, -0.1) is 0 Å². The zero-order chi connectivity index (χ0) is 38.7. The number of aliphatic hydroxyl groups excluding tert-OH is 3. The minimum absolute atomic E-state index is 0.161. The van der Waals surface area contributed by atoms with Gasteiger partial charge in [-0.25, -0.2) is 0 Å². The normalized spacial score (nSPS) is 13.8. The first kappa shape index (κ1) is 51.6. The van der Waals surface area contributed by atoms with Gasteiger partial charge in [0.1, 0.15) is 6.10 Å². The van der Waals surface area contributed by atoms with E-state index in [1.807, 2.05) is 0 Å². The first-order valence-corrected chi connectivity index (χ1v) is 23.3. The van der Waals surface area contributed by atoms with Crippen molar-refractivity contribution in [2.24, 2.45) is 0 Å². The topological polar surface area (TPSA) is 89.8 Å². The summed E-state index contributed by atoms with van der Waals surface area (Å²) < 4.78 is 0. The number of aliphatic hydroxyl groups is 3. The average molecular weight is 746 g/mol. The predicted molar refractivity (Wildman–Crippen MR) is 231 cm³/mol. The summed E-state index contributed by atoms with van der Waals surface area (Å²) in [6, 6.07) is -0.830. The lowest BCUT2D eigenvalue weighted by molar-refractivity contribution is -0.124. The molecule has 0 aromatic rings. The number of hydrogen-bond donors (Lipinski definition) is 4. The third kappa shape index (κ3) is 38.6. The summed E-state index contributed by atoms with van der Waals surface area (Å²) in [5.41, 5.74) is 0. The number of nitrogens with one attached hydrogen (secondary N) is 1. The van der Waals surface area contributed by atoms with Crippen LogP contribution >= 0.6 is 0 Å². The molecule has 4 N–H and O–H groups in total. The van der Waals surface area contributed by atoms with Crippen LogP contribution in [0.25, 0.3) is 0 Å². The third-order valence-electron chi connectivity index (χ3n) is 10.7. The molecular formula is C48H91NO4. The summed E-state index contributed by atoms with van der Waals surface area (Å²) in [5.74, 6) is -0.161. The van der Waals surface area contributed by atoms with Gasteiger partial charge in [-0.1, -0.05) is 198 Å². The summed E-state index contributed by atoms with van der Waals surface area (Å²) in [6.45, 7) is 4.17. The van der Waals surface area contributed by atoms with Crippen molar-refractivity contribution in [1.82, 2.24) is 5.32 Å². The first-order chi connectivity index (χ1) is 26.1. The van der Waals surface area contributed by atoms with E-state index in [0.29, 0.717) is 12.8 Å². The van der Waals surface area contributed by atoms with Gasteiger partial charge in [0.2, 0.25) is 5.91 Å². The highest BCUT2D eigenvalue weighted by molar-refractivity contribution is 5.76. The highest BCUT2D eigenvalue weighted by atomic mass is 16.3. The molecule has 0 saturated carbocycles. The van der Waals surface area contributed by atoms with Gasteiger partial charge in [-0.3, -0.25) is 4.79 Å². The second-order valence-electron chi connectivity index (χ2n) is 16.0. The van der Waals surface area contributed by atoms with Crippen molar-refractivity contribution in [3.05, 3.63) is 36.5 Å². The van der Waals surface area contributed by atoms with Gasteiger partial charge in [-0.2, -0.15) is 0 Å². The van der Waals surface area contributed by atoms with E-state index in [9.17, 15) is 20.1 Å². The van der Waals surface area contributed by atoms with Crippen LogP contribution in [0.15, 0.2) is 36.5 Å². The van der Waals surface area contributed by atoms with E-state index in [0.717, 1.165) is 51.4 Å². The maximum Gasteiger partial charge on any atom is 0.220 e. The van der Waals surface area contributed by atoms with E-state index < -0.39 is 18.2 Å². The predicted octanol–water partition coefficient (Wildman–Crippen LogP) is 13.5. The molecule has 3 unspecified atom stereocenters. The molecule has 0 spiro atoms. The zero-order valence-corrected chi connectivity index (χ0v) is 35.4. The van der Waals surface area contributed by atoms with Gasteiger partial charge in [-0.05, 0) is 70.6 Å². The summed E-state index contributed by atoms with van der Waals surface area (Å²) >= 11 is 0. The van der Waals surface area contributed by atoms with Crippen LogP contribution in [0.3, 0.4) is 0 Å². The molecular weight excluding hydrogens is 655 g/mol. The summed E-state index contributed by atoms with van der Waals surface area (Å²) in [4.78, 5) is 12.4. The van der Waals surface area contributed by atoms with Crippen LogP contribution in [-0.4, -0.2) is 46.1 Å². The van der Waals surface area contributed by atoms with Crippen molar-refractivity contribution in [2.45, 2.75) is 257 Å². The third-order valence-corrected chi connectivity index (χ3v) is 10.7. The lowest BCUT2D eigenvalue weighted by Gasteiger charge is -2.26. The minimum Gasteiger partial charge on any atom is -0.394 e. The molecule has 53 heavy (non-hydrogen) atoms. The molecule has 0 bridgehead atoms. The molecule has 0 saturated heterocycles. The van der Waals surface area contributed by atoms with Gasteiger partial charge in [0.05, 0.1) is 18.8 Å². The Hall–Kier alpha value is -1.43. The highest BCUT2D eigenvalue weighted by Crippen LogP contribution is 2.15. The Bertz CT molecular complexity index is 824. The Labute approximate surface area is 330 Å². The van der Waals surface area contributed by atoms with E-state index in [1.165, 1.54) is 161 Å². The maximum atomic E-state index is 12.4. The Morgan fingerprint density at radius 2 is 0.811 bits per heavy atom. The van der Waals surface area contributed by atoms with Crippen LogP contribution in [0.4, 0.5) is 0 Å². The molecule has 0 rings (SSSR count). The van der Waals surface area contributed by atoms with Crippen LogP contribution in [0.2, 0.25) is 0 Å². The lowest BCUT2D eigenvalue weighted by Crippen LogP contribution is -2.50. The van der Waals surface area contributed by atoms with Crippen molar-refractivity contribution in [3.63, 3.8) is 0 Å². The first-order valence-electron chi connectivity index (χ1n) is 23.3. The Balaban J connectivity index is 3.66. The Kier molecular flexibility index (Phi) is 42.1. The second-order valence-corrected chi connectivity index (χ2v) is 16.0. The molecule has 0 aromatic carbocycles. The number of unbranched alkanes of at least 4 members (excludes halogenated alkanes) is 28. The standard InChI is InChI=1S/C48H91NO4/c1-3-5-7-9-11-13-15-17-19-21-22-23-24-25-26-27-29-31-33-35-37-39-41-43-47(52)49-45(44-50)48(53)46(51)42-40-38-36-34-32-30-28-20-18-16-14-12-10-8-6-4-2/h22-23,25-26,34,36,45-46,48,50-51,53H,3-21,24,27-33,35,37-44H2,1-2H3,(H,49,52)/b23-22-,26-25-,36-34+. The molecule has 0 aliphatic heterocycles. The number of hydrogen-bond acceptors (Lipinski definition) is 4. The van der Waals surface area contributed by atoms with E-state index in [2.05, 4.69) is 55.6 Å². The number of rotatable bonds is 42. The molecule has 0 aromatic heterocycles. The lowest BCUT2D eigenvalue weighted by atomic mass is 10.0. The van der Waals surface area contributed by atoms with Gasteiger partial charge in [0.15, 0.2) is 0 Å². The van der Waals surface area contributed by atoms with Crippen molar-refractivity contribution < 1.29 is 20.1 Å². The summed E-state index contributed by atoms with van der Waals surface area (Å²) in [6.07, 6.45) is 54.0. The molecule has 0 heterocycles. The number of amides is 1. The molecule has 5 heteroatoms.